The highest BCUT2D eigenvalue weighted by atomic mass is 35.7. The molecule has 0 unspecified atom stereocenters. The van der Waals surface area contributed by atoms with Crippen molar-refractivity contribution in [3.05, 3.63) is 27.5 Å². The molecule has 0 saturated carbocycles. The number of hydrogen-bond acceptors (Lipinski definition) is 3. The Kier molecular flexibility index (Phi) is 5.66. The number of nitrogens with zero attached hydrogens (tertiary/aromatic N) is 1. The van der Waals surface area contributed by atoms with Gasteiger partial charge in [0.25, 0.3) is 15.0 Å². The van der Waals surface area contributed by atoms with Gasteiger partial charge in [-0.2, -0.15) is 0 Å². The summed E-state index contributed by atoms with van der Waals surface area (Å²) in [4.78, 5) is 12.7. The molecule has 1 amide bonds. The number of hydrogen-bond donors (Lipinski definition) is 0. The molecule has 0 aromatic heterocycles. The van der Waals surface area contributed by atoms with Crippen LogP contribution in [0.15, 0.2) is 11.0 Å². The van der Waals surface area contributed by atoms with Gasteiger partial charge < -0.3 is 4.90 Å². The van der Waals surface area contributed by atoms with Crippen LogP contribution in [0.25, 0.3) is 0 Å². The quantitative estimate of drug-likeness (QED) is 0.608. The average Bonchev–Trinajstić information content (AvgIpc) is 2.33. The molecule has 112 valence electrons. The van der Waals surface area contributed by atoms with Crippen molar-refractivity contribution in [3.63, 3.8) is 0 Å². The Morgan fingerprint density at radius 2 is 1.75 bits per heavy atom. The molecule has 1 aromatic rings. The number of carbonyl (C=O) groups excluding carboxylic acids is 1. The molecule has 0 saturated heterocycles. The van der Waals surface area contributed by atoms with Crippen molar-refractivity contribution in [2.75, 3.05) is 13.1 Å². The van der Waals surface area contributed by atoms with Crippen LogP contribution in [0.4, 0.5) is 4.39 Å². The average molecular weight is 363 g/mol. The van der Waals surface area contributed by atoms with Gasteiger partial charge >= 0.3 is 0 Å². The van der Waals surface area contributed by atoms with E-state index in [-0.39, 0.29) is 5.56 Å². The van der Waals surface area contributed by atoms with Crippen LogP contribution < -0.4 is 0 Å². The first-order valence-corrected chi connectivity index (χ1v) is 8.63. The number of carbonyl (C=O) groups is 1. The lowest BCUT2D eigenvalue weighted by atomic mass is 10.2. The van der Waals surface area contributed by atoms with Crippen molar-refractivity contribution < 1.29 is 17.6 Å². The van der Waals surface area contributed by atoms with E-state index in [1.807, 2.05) is 0 Å². The predicted molar refractivity (Wildman–Crippen MR) is 76.7 cm³/mol. The van der Waals surface area contributed by atoms with Gasteiger partial charge in [0.1, 0.15) is 10.7 Å². The van der Waals surface area contributed by atoms with E-state index in [0.717, 1.165) is 6.07 Å². The van der Waals surface area contributed by atoms with Crippen molar-refractivity contribution in [2.24, 2.45) is 0 Å². The number of halogens is 4. The molecule has 0 aliphatic heterocycles. The second kappa shape index (κ2) is 6.47. The summed E-state index contributed by atoms with van der Waals surface area (Å²) in [7, 11) is 0.793. The zero-order valence-electron chi connectivity index (χ0n) is 10.6. The first kappa shape index (κ1) is 17.5. The molecule has 0 radical (unpaired) electrons. The van der Waals surface area contributed by atoms with Gasteiger partial charge in [-0.25, -0.2) is 12.8 Å². The lowest BCUT2D eigenvalue weighted by Crippen LogP contribution is -2.31. The molecule has 0 heterocycles. The van der Waals surface area contributed by atoms with Crippen LogP contribution in [0.5, 0.6) is 0 Å². The van der Waals surface area contributed by atoms with E-state index in [4.69, 9.17) is 33.9 Å². The fourth-order valence-corrected chi connectivity index (χ4v) is 4.00. The molecular formula is C11H11Cl3FNO3S. The van der Waals surface area contributed by atoms with Crippen molar-refractivity contribution >= 4 is 48.8 Å². The Balaban J connectivity index is 3.60. The van der Waals surface area contributed by atoms with Gasteiger partial charge in [-0.05, 0) is 19.9 Å². The fraction of sp³-hybridized carbons (Fsp3) is 0.364. The molecule has 20 heavy (non-hydrogen) atoms. The standard InChI is InChI=1S/C11H11Cl3FNO3S/c1-3-16(4-2)11(17)6-5-7(15)9(13)10(8(6)12)20(14,18)19/h5H,3-4H2,1-2H3. The summed E-state index contributed by atoms with van der Waals surface area (Å²) in [5, 5.41) is -1.22. The van der Waals surface area contributed by atoms with E-state index in [1.165, 1.54) is 4.90 Å². The molecule has 1 aromatic carbocycles. The zero-order valence-corrected chi connectivity index (χ0v) is 13.7. The third-order valence-corrected chi connectivity index (χ3v) is 4.99. The normalized spacial score (nSPS) is 11.5. The van der Waals surface area contributed by atoms with Gasteiger partial charge in [-0.15, -0.1) is 0 Å². The third kappa shape index (κ3) is 3.36. The lowest BCUT2D eigenvalue weighted by Gasteiger charge is -2.20. The van der Waals surface area contributed by atoms with Crippen molar-refractivity contribution in [1.82, 2.24) is 4.90 Å². The van der Waals surface area contributed by atoms with Crippen molar-refractivity contribution in [3.8, 4) is 0 Å². The zero-order chi connectivity index (χ0) is 15.7. The molecular weight excluding hydrogens is 352 g/mol. The molecule has 4 nitrogen and oxygen atoms in total. The maximum absolute atomic E-state index is 13.7. The Bertz CT molecular complexity index is 645. The van der Waals surface area contributed by atoms with Crippen molar-refractivity contribution in [2.45, 2.75) is 18.7 Å². The molecule has 1 rings (SSSR count). The Labute approximate surface area is 130 Å². The number of amides is 1. The Morgan fingerprint density at radius 1 is 1.25 bits per heavy atom. The van der Waals surface area contributed by atoms with E-state index >= 15 is 0 Å². The lowest BCUT2D eigenvalue weighted by molar-refractivity contribution is 0.0772. The molecule has 0 atom stereocenters. The minimum absolute atomic E-state index is 0.295. The van der Waals surface area contributed by atoms with Crippen molar-refractivity contribution in [1.29, 1.82) is 0 Å². The molecule has 0 aliphatic carbocycles. The van der Waals surface area contributed by atoms with Crippen LogP contribution in [-0.4, -0.2) is 32.3 Å². The Hall–Kier alpha value is -0.560. The highest BCUT2D eigenvalue weighted by molar-refractivity contribution is 8.14. The van der Waals surface area contributed by atoms with E-state index in [0.29, 0.717) is 13.1 Å². The minimum atomic E-state index is -4.38. The second-order valence-electron chi connectivity index (χ2n) is 3.78. The first-order chi connectivity index (χ1) is 9.15. The second-order valence-corrected chi connectivity index (χ2v) is 7.04. The van der Waals surface area contributed by atoms with Gasteiger partial charge in [-0.3, -0.25) is 4.79 Å². The minimum Gasteiger partial charge on any atom is -0.339 e. The molecule has 0 N–H and O–H groups in total. The monoisotopic (exact) mass is 361 g/mol. The van der Waals surface area contributed by atoms with Gasteiger partial charge in [0.2, 0.25) is 0 Å². The van der Waals surface area contributed by atoms with Gasteiger partial charge in [0.15, 0.2) is 0 Å². The topological polar surface area (TPSA) is 54.5 Å². The first-order valence-electron chi connectivity index (χ1n) is 5.56. The van der Waals surface area contributed by atoms with Crippen LogP contribution in [0.3, 0.4) is 0 Å². The largest absolute Gasteiger partial charge is 0.339 e. The molecule has 0 aliphatic rings. The molecule has 0 spiro atoms. The van der Waals surface area contributed by atoms with E-state index in [1.54, 1.807) is 13.8 Å². The number of rotatable bonds is 4. The SMILES string of the molecule is CCN(CC)C(=O)c1cc(F)c(Cl)c(S(=O)(=O)Cl)c1Cl. The van der Waals surface area contributed by atoms with Crippen LogP contribution >= 0.6 is 33.9 Å². The maximum atomic E-state index is 13.7. The highest BCUT2D eigenvalue weighted by Gasteiger charge is 2.28. The van der Waals surface area contributed by atoms with Crippen LogP contribution in [0.1, 0.15) is 24.2 Å². The third-order valence-electron chi connectivity index (χ3n) is 2.64. The summed E-state index contributed by atoms with van der Waals surface area (Å²) < 4.78 is 36.5. The number of benzene rings is 1. The smallest absolute Gasteiger partial charge is 0.264 e. The van der Waals surface area contributed by atoms with Crippen LogP contribution in [0, 0.1) is 5.82 Å². The summed E-state index contributed by atoms with van der Waals surface area (Å²) in [6, 6.07) is 0.802. The van der Waals surface area contributed by atoms with Gasteiger partial charge in [0.05, 0.1) is 15.6 Å². The Morgan fingerprint density at radius 3 is 2.15 bits per heavy atom. The predicted octanol–water partition coefficient (Wildman–Crippen LogP) is 3.54. The van der Waals surface area contributed by atoms with E-state index in [9.17, 15) is 17.6 Å². The van der Waals surface area contributed by atoms with Crippen LogP contribution in [0.2, 0.25) is 10.0 Å². The summed E-state index contributed by atoms with van der Waals surface area (Å²) in [5.74, 6) is -1.68. The van der Waals surface area contributed by atoms with Gasteiger partial charge in [0, 0.05) is 23.8 Å². The highest BCUT2D eigenvalue weighted by Crippen LogP contribution is 2.36. The summed E-state index contributed by atoms with van der Waals surface area (Å²) in [6.07, 6.45) is 0. The molecule has 0 fully saturated rings. The van der Waals surface area contributed by atoms with E-state index < -0.39 is 35.7 Å². The van der Waals surface area contributed by atoms with Gasteiger partial charge in [-0.1, -0.05) is 23.2 Å². The summed E-state index contributed by atoms with van der Waals surface area (Å²) in [6.45, 7) is 4.17. The fourth-order valence-electron chi connectivity index (χ4n) is 1.63. The summed E-state index contributed by atoms with van der Waals surface area (Å²) >= 11 is 11.4. The van der Waals surface area contributed by atoms with E-state index in [2.05, 4.69) is 0 Å². The molecule has 0 bridgehead atoms. The van der Waals surface area contributed by atoms with Crippen LogP contribution in [-0.2, 0) is 9.05 Å². The molecule has 9 heteroatoms. The maximum Gasteiger partial charge on any atom is 0.264 e. The summed E-state index contributed by atoms with van der Waals surface area (Å²) in [5.41, 5.74) is -0.295.